The second-order valence-electron chi connectivity index (χ2n) is 7.67. The second-order valence-corrected chi connectivity index (χ2v) is 8.48. The first-order valence-electron chi connectivity index (χ1n) is 9.54. The number of nitrogens with zero attached hydrogens (tertiary/aromatic N) is 2. The SMILES string of the molecule is O=C1CCC(=O)N1C1CC2CCC(C1)N2C(=O)CCc1c(Cl)cccc1Cl. The molecule has 2 atom stereocenters. The van der Waals surface area contributed by atoms with Gasteiger partial charge in [-0.2, -0.15) is 0 Å². The van der Waals surface area contributed by atoms with Crippen LogP contribution in [0.2, 0.25) is 10.0 Å². The molecule has 5 nitrogen and oxygen atoms in total. The maximum absolute atomic E-state index is 12.9. The number of piperidine rings is 1. The van der Waals surface area contributed by atoms with Gasteiger partial charge in [0.15, 0.2) is 0 Å². The predicted octanol–water partition coefficient (Wildman–Crippen LogP) is 3.60. The van der Waals surface area contributed by atoms with Crippen molar-refractivity contribution in [2.75, 3.05) is 0 Å². The van der Waals surface area contributed by atoms with E-state index in [-0.39, 0.29) is 35.8 Å². The summed E-state index contributed by atoms with van der Waals surface area (Å²) in [6.45, 7) is 0. The average molecular weight is 409 g/mol. The first-order chi connectivity index (χ1) is 13.0. The largest absolute Gasteiger partial charge is 0.337 e. The van der Waals surface area contributed by atoms with E-state index in [2.05, 4.69) is 0 Å². The molecule has 4 rings (SSSR count). The molecule has 0 aromatic heterocycles. The molecule has 3 fully saturated rings. The first-order valence-corrected chi connectivity index (χ1v) is 10.3. The molecule has 1 aromatic rings. The Balaban J connectivity index is 1.41. The molecule has 3 heterocycles. The molecular formula is C20H22Cl2N2O3. The van der Waals surface area contributed by atoms with E-state index in [4.69, 9.17) is 23.2 Å². The Bertz CT molecular complexity index is 747. The summed E-state index contributed by atoms with van der Waals surface area (Å²) in [5, 5.41) is 1.17. The number of carbonyl (C=O) groups is 3. The molecule has 3 amide bonds. The lowest BCUT2D eigenvalue weighted by Crippen LogP contribution is -2.53. The summed E-state index contributed by atoms with van der Waals surface area (Å²) in [6, 6.07) is 5.54. The fraction of sp³-hybridized carbons (Fsp3) is 0.550. The van der Waals surface area contributed by atoms with Crippen LogP contribution in [0.15, 0.2) is 18.2 Å². The van der Waals surface area contributed by atoms with Crippen molar-refractivity contribution in [2.24, 2.45) is 0 Å². The summed E-state index contributed by atoms with van der Waals surface area (Å²) >= 11 is 12.4. The summed E-state index contributed by atoms with van der Waals surface area (Å²) in [7, 11) is 0. The van der Waals surface area contributed by atoms with Crippen molar-refractivity contribution in [3.8, 4) is 0 Å². The molecule has 144 valence electrons. The average Bonchev–Trinajstić information content (AvgIpc) is 3.10. The van der Waals surface area contributed by atoms with Crippen molar-refractivity contribution in [1.82, 2.24) is 9.80 Å². The molecule has 3 saturated heterocycles. The van der Waals surface area contributed by atoms with E-state index in [1.54, 1.807) is 18.2 Å². The molecule has 2 bridgehead atoms. The summed E-state index contributed by atoms with van der Waals surface area (Å²) in [5.74, 6) is -0.00825. The Morgan fingerprint density at radius 2 is 1.52 bits per heavy atom. The van der Waals surface area contributed by atoms with E-state index in [1.165, 1.54) is 4.90 Å². The molecule has 3 aliphatic rings. The molecule has 0 radical (unpaired) electrons. The lowest BCUT2D eigenvalue weighted by atomic mass is 9.95. The third kappa shape index (κ3) is 3.47. The van der Waals surface area contributed by atoms with Crippen molar-refractivity contribution in [3.05, 3.63) is 33.8 Å². The van der Waals surface area contributed by atoms with E-state index in [1.807, 2.05) is 4.90 Å². The van der Waals surface area contributed by atoms with Crippen molar-refractivity contribution in [2.45, 2.75) is 69.5 Å². The van der Waals surface area contributed by atoms with Crippen LogP contribution in [0.4, 0.5) is 0 Å². The Labute approximate surface area is 168 Å². The van der Waals surface area contributed by atoms with Crippen LogP contribution >= 0.6 is 23.2 Å². The predicted molar refractivity (Wildman–Crippen MR) is 103 cm³/mol. The first kappa shape index (κ1) is 18.8. The van der Waals surface area contributed by atoms with Gasteiger partial charge < -0.3 is 4.90 Å². The van der Waals surface area contributed by atoms with E-state index in [0.29, 0.717) is 48.6 Å². The van der Waals surface area contributed by atoms with Crippen LogP contribution in [0.1, 0.15) is 50.5 Å². The van der Waals surface area contributed by atoms with E-state index in [0.717, 1.165) is 18.4 Å². The zero-order valence-electron chi connectivity index (χ0n) is 15.0. The van der Waals surface area contributed by atoms with Gasteiger partial charge in [-0.3, -0.25) is 19.3 Å². The van der Waals surface area contributed by atoms with Gasteiger partial charge in [0.2, 0.25) is 17.7 Å². The minimum atomic E-state index is -0.0578. The quantitative estimate of drug-likeness (QED) is 0.715. The van der Waals surface area contributed by atoms with Gasteiger partial charge in [0, 0.05) is 47.4 Å². The maximum Gasteiger partial charge on any atom is 0.229 e. The third-order valence-electron chi connectivity index (χ3n) is 6.10. The number of hydrogen-bond acceptors (Lipinski definition) is 3. The van der Waals surface area contributed by atoms with Crippen LogP contribution in [-0.2, 0) is 20.8 Å². The minimum Gasteiger partial charge on any atom is -0.337 e. The molecule has 7 heteroatoms. The van der Waals surface area contributed by atoms with Gasteiger partial charge in [-0.25, -0.2) is 0 Å². The Hall–Kier alpha value is -1.59. The fourth-order valence-corrected chi connectivity index (χ4v) is 5.49. The third-order valence-corrected chi connectivity index (χ3v) is 6.81. The van der Waals surface area contributed by atoms with Crippen LogP contribution in [-0.4, -0.2) is 45.6 Å². The van der Waals surface area contributed by atoms with Gasteiger partial charge in [-0.05, 0) is 49.8 Å². The summed E-state index contributed by atoms with van der Waals surface area (Å²) in [6.07, 6.45) is 4.81. The molecule has 3 aliphatic heterocycles. The Morgan fingerprint density at radius 1 is 0.963 bits per heavy atom. The van der Waals surface area contributed by atoms with Gasteiger partial charge in [0.25, 0.3) is 0 Å². The highest BCUT2D eigenvalue weighted by molar-refractivity contribution is 6.36. The maximum atomic E-state index is 12.9. The standard InChI is InChI=1S/C20H22Cl2N2O3/c21-16-2-1-3-17(22)15(16)6-7-18(25)23-12-4-5-13(23)11-14(10-12)24-19(26)8-9-20(24)27/h1-3,12-14H,4-11H2. The summed E-state index contributed by atoms with van der Waals surface area (Å²) in [5.41, 5.74) is 0.810. The number of hydrogen-bond donors (Lipinski definition) is 0. The van der Waals surface area contributed by atoms with Crippen LogP contribution in [0.25, 0.3) is 0 Å². The van der Waals surface area contributed by atoms with E-state index in [9.17, 15) is 14.4 Å². The number of rotatable bonds is 4. The van der Waals surface area contributed by atoms with E-state index >= 15 is 0 Å². The van der Waals surface area contributed by atoms with Gasteiger partial charge >= 0.3 is 0 Å². The number of imide groups is 1. The van der Waals surface area contributed by atoms with Crippen molar-refractivity contribution in [3.63, 3.8) is 0 Å². The fourth-order valence-electron chi connectivity index (χ4n) is 4.90. The van der Waals surface area contributed by atoms with Gasteiger partial charge in [-0.1, -0.05) is 29.3 Å². The van der Waals surface area contributed by atoms with Crippen LogP contribution in [0, 0.1) is 0 Å². The number of fused-ring (bicyclic) bond motifs is 2. The van der Waals surface area contributed by atoms with Crippen LogP contribution in [0.3, 0.4) is 0 Å². The van der Waals surface area contributed by atoms with Crippen molar-refractivity contribution in [1.29, 1.82) is 0 Å². The molecule has 2 unspecified atom stereocenters. The molecule has 0 aliphatic carbocycles. The molecule has 0 N–H and O–H groups in total. The number of amides is 3. The Morgan fingerprint density at radius 3 is 2.07 bits per heavy atom. The number of carbonyl (C=O) groups excluding carboxylic acids is 3. The molecule has 1 aromatic carbocycles. The van der Waals surface area contributed by atoms with Crippen LogP contribution < -0.4 is 0 Å². The molecular weight excluding hydrogens is 387 g/mol. The Kier molecular flexibility index (Phi) is 5.17. The minimum absolute atomic E-state index is 0.0490. The summed E-state index contributed by atoms with van der Waals surface area (Å²) in [4.78, 5) is 40.5. The zero-order chi connectivity index (χ0) is 19.1. The lowest BCUT2D eigenvalue weighted by molar-refractivity contribution is -0.144. The number of halogens is 2. The van der Waals surface area contributed by atoms with Gasteiger partial charge in [0.1, 0.15) is 0 Å². The topological polar surface area (TPSA) is 57.7 Å². The monoisotopic (exact) mass is 408 g/mol. The van der Waals surface area contributed by atoms with Crippen molar-refractivity contribution >= 4 is 40.9 Å². The van der Waals surface area contributed by atoms with E-state index < -0.39 is 0 Å². The highest BCUT2D eigenvalue weighted by atomic mass is 35.5. The molecule has 0 saturated carbocycles. The number of benzene rings is 1. The highest BCUT2D eigenvalue weighted by Crippen LogP contribution is 2.39. The second kappa shape index (κ2) is 7.44. The zero-order valence-corrected chi connectivity index (χ0v) is 16.5. The highest BCUT2D eigenvalue weighted by Gasteiger charge is 2.47. The summed E-state index contributed by atoms with van der Waals surface area (Å²) < 4.78 is 0. The number of likely N-dealkylation sites (tertiary alicyclic amines) is 1. The van der Waals surface area contributed by atoms with Gasteiger partial charge in [-0.15, -0.1) is 0 Å². The van der Waals surface area contributed by atoms with Crippen molar-refractivity contribution < 1.29 is 14.4 Å². The van der Waals surface area contributed by atoms with Crippen LogP contribution in [0.5, 0.6) is 0 Å². The normalized spacial score (nSPS) is 27.6. The smallest absolute Gasteiger partial charge is 0.229 e. The lowest BCUT2D eigenvalue weighted by Gasteiger charge is -2.41. The molecule has 27 heavy (non-hydrogen) atoms. The van der Waals surface area contributed by atoms with Gasteiger partial charge in [0.05, 0.1) is 0 Å². The molecule has 0 spiro atoms.